The van der Waals surface area contributed by atoms with Gasteiger partial charge in [-0.3, -0.25) is 4.98 Å². The summed E-state index contributed by atoms with van der Waals surface area (Å²) in [6.45, 7) is 1.94. The molecule has 116 valence electrons. The van der Waals surface area contributed by atoms with Crippen LogP contribution in [0.4, 0.5) is 5.82 Å². The largest absolute Gasteiger partial charge is 0.497 e. The van der Waals surface area contributed by atoms with Gasteiger partial charge in [0.2, 0.25) is 0 Å². The van der Waals surface area contributed by atoms with Crippen LogP contribution in [0.25, 0.3) is 0 Å². The molecule has 3 N–H and O–H groups in total. The number of nitrogen functional groups attached to an aromatic ring is 1. The van der Waals surface area contributed by atoms with E-state index in [1.165, 1.54) is 6.21 Å². The quantitative estimate of drug-likeness (QED) is 0.672. The van der Waals surface area contributed by atoms with Crippen molar-refractivity contribution in [1.82, 2.24) is 9.97 Å². The highest BCUT2D eigenvalue weighted by molar-refractivity contribution is 5.82. The number of nitrogens with one attached hydrogen (secondary N) is 1. The maximum Gasteiger partial charge on any atom is 0.145 e. The van der Waals surface area contributed by atoms with Crippen LogP contribution in [0.2, 0.25) is 0 Å². The second-order valence-electron chi connectivity index (χ2n) is 4.86. The minimum Gasteiger partial charge on any atom is -0.497 e. The monoisotopic (exact) mass is 306 g/mol. The molecule has 1 heterocycles. The molecule has 0 aliphatic heterocycles. The maximum atomic E-state index is 7.52. The average Bonchev–Trinajstić information content (AvgIpc) is 2.59. The Morgan fingerprint density at radius 2 is 1.96 bits per heavy atom. The number of ether oxygens (including phenoxy) is 1. The summed E-state index contributed by atoms with van der Waals surface area (Å²) in [6.07, 6.45) is 6.23. The van der Waals surface area contributed by atoms with Crippen molar-refractivity contribution in [3.05, 3.63) is 59.6 Å². The summed E-state index contributed by atoms with van der Waals surface area (Å²) in [7, 11) is 1.62. The first-order valence-electron chi connectivity index (χ1n) is 7.08. The zero-order valence-corrected chi connectivity index (χ0v) is 13.1. The number of hydrogen-bond donors (Lipinski definition) is 2. The highest BCUT2D eigenvalue weighted by Crippen LogP contribution is 2.19. The molecule has 0 fully saturated rings. The van der Waals surface area contributed by atoms with Gasteiger partial charge in [-0.2, -0.15) is 0 Å². The predicted octanol–water partition coefficient (Wildman–Crippen LogP) is 2.80. The van der Waals surface area contributed by atoms with Crippen molar-refractivity contribution in [2.45, 2.75) is 12.8 Å². The molecule has 0 spiro atoms. The molecule has 0 bridgehead atoms. The van der Waals surface area contributed by atoms with Crippen LogP contribution < -0.4 is 10.5 Å². The Labute approximate surface area is 135 Å². The van der Waals surface area contributed by atoms with E-state index in [-0.39, 0.29) is 5.92 Å². The summed E-state index contributed by atoms with van der Waals surface area (Å²) in [5.41, 5.74) is 7.95. The van der Waals surface area contributed by atoms with E-state index in [1.54, 1.807) is 19.5 Å². The summed E-state index contributed by atoms with van der Waals surface area (Å²) in [5.74, 6) is 7.10. The Kier molecular flexibility index (Phi) is 5.48. The molecule has 0 saturated heterocycles. The van der Waals surface area contributed by atoms with Crippen LogP contribution in [0.3, 0.4) is 0 Å². The second kappa shape index (κ2) is 7.76. The zero-order valence-electron chi connectivity index (χ0n) is 13.1. The van der Waals surface area contributed by atoms with Gasteiger partial charge < -0.3 is 15.9 Å². The van der Waals surface area contributed by atoms with Crippen molar-refractivity contribution < 1.29 is 4.74 Å². The van der Waals surface area contributed by atoms with E-state index in [4.69, 9.17) is 15.9 Å². The Morgan fingerprint density at radius 3 is 2.57 bits per heavy atom. The van der Waals surface area contributed by atoms with Crippen LogP contribution in [-0.4, -0.2) is 23.3 Å². The first-order chi connectivity index (χ1) is 11.1. The first kappa shape index (κ1) is 16.2. The minimum atomic E-state index is -0.0783. The lowest BCUT2D eigenvalue weighted by Crippen LogP contribution is -2.03. The molecule has 1 aromatic carbocycles. The molecule has 5 heteroatoms. The topological polar surface area (TPSA) is 84.9 Å². The number of rotatable bonds is 4. The number of hydrogen-bond acceptors (Lipinski definition) is 5. The average molecular weight is 306 g/mol. The second-order valence-corrected chi connectivity index (χ2v) is 4.86. The van der Waals surface area contributed by atoms with Crippen molar-refractivity contribution in [1.29, 1.82) is 5.41 Å². The van der Waals surface area contributed by atoms with E-state index in [0.29, 0.717) is 17.1 Å². The number of benzene rings is 1. The van der Waals surface area contributed by atoms with Crippen LogP contribution in [0, 0.1) is 17.3 Å². The fraction of sp³-hybridized carbons (Fsp3) is 0.167. The van der Waals surface area contributed by atoms with Gasteiger partial charge in [-0.05, 0) is 24.3 Å². The van der Waals surface area contributed by atoms with Gasteiger partial charge in [-0.15, -0.1) is 0 Å². The van der Waals surface area contributed by atoms with E-state index in [9.17, 15) is 0 Å². The predicted molar refractivity (Wildman–Crippen MR) is 91.6 cm³/mol. The van der Waals surface area contributed by atoms with Crippen LogP contribution in [0.15, 0.2) is 48.3 Å². The van der Waals surface area contributed by atoms with Crippen LogP contribution in [-0.2, 0) is 0 Å². The lowest BCUT2D eigenvalue weighted by Gasteiger charge is -2.07. The van der Waals surface area contributed by atoms with E-state index >= 15 is 0 Å². The third-order valence-electron chi connectivity index (χ3n) is 3.21. The molecule has 1 atom stereocenters. The Balaban J connectivity index is 2.21. The smallest absolute Gasteiger partial charge is 0.145 e. The Bertz CT molecular complexity index is 770. The molecule has 2 aromatic rings. The van der Waals surface area contributed by atoms with Gasteiger partial charge in [0.25, 0.3) is 0 Å². The van der Waals surface area contributed by atoms with Gasteiger partial charge in [0, 0.05) is 35.7 Å². The zero-order chi connectivity index (χ0) is 16.7. The fourth-order valence-electron chi connectivity index (χ4n) is 2.00. The lowest BCUT2D eigenvalue weighted by atomic mass is 10.0. The van der Waals surface area contributed by atoms with Crippen LogP contribution in [0.5, 0.6) is 5.75 Å². The summed E-state index contributed by atoms with van der Waals surface area (Å²) < 4.78 is 5.11. The van der Waals surface area contributed by atoms with Crippen molar-refractivity contribution in [2.24, 2.45) is 0 Å². The molecular formula is C18H18N4O. The molecule has 0 radical (unpaired) electrons. The number of nitrogens with zero attached hydrogens (tertiary/aromatic N) is 2. The minimum absolute atomic E-state index is 0.0783. The Hall–Kier alpha value is -3.13. The molecule has 23 heavy (non-hydrogen) atoms. The molecule has 5 nitrogen and oxygen atoms in total. The molecular weight excluding hydrogens is 288 g/mol. The molecule has 2 rings (SSSR count). The van der Waals surface area contributed by atoms with E-state index in [1.807, 2.05) is 37.3 Å². The third kappa shape index (κ3) is 4.42. The first-order valence-corrected chi connectivity index (χ1v) is 7.08. The third-order valence-corrected chi connectivity index (χ3v) is 3.21. The van der Waals surface area contributed by atoms with Gasteiger partial charge in [0.15, 0.2) is 0 Å². The Morgan fingerprint density at radius 1 is 1.26 bits per heavy atom. The summed E-state index contributed by atoms with van der Waals surface area (Å²) in [5, 5.41) is 7.52. The van der Waals surface area contributed by atoms with Gasteiger partial charge in [0.05, 0.1) is 12.8 Å². The molecule has 0 unspecified atom stereocenters. The van der Waals surface area contributed by atoms with Gasteiger partial charge in [-0.25, -0.2) is 4.98 Å². The molecule has 0 aliphatic carbocycles. The van der Waals surface area contributed by atoms with Gasteiger partial charge in [-0.1, -0.05) is 24.8 Å². The van der Waals surface area contributed by atoms with E-state index < -0.39 is 0 Å². The summed E-state index contributed by atoms with van der Waals surface area (Å²) in [6, 6.07) is 7.44. The van der Waals surface area contributed by atoms with Crippen LogP contribution >= 0.6 is 0 Å². The molecule has 0 aliphatic rings. The summed E-state index contributed by atoms with van der Waals surface area (Å²) in [4.78, 5) is 8.26. The van der Waals surface area contributed by atoms with Crippen molar-refractivity contribution in [2.75, 3.05) is 12.8 Å². The van der Waals surface area contributed by atoms with Gasteiger partial charge in [0.1, 0.15) is 11.6 Å². The van der Waals surface area contributed by atoms with E-state index in [0.717, 1.165) is 11.3 Å². The number of nitrogens with two attached hydrogens (primary N) is 1. The number of allylic oxidation sites excluding steroid dienone is 2. The lowest BCUT2D eigenvalue weighted by molar-refractivity contribution is 0.415. The number of methoxy groups -OCH3 is 1. The normalized spacial score (nSPS) is 12.0. The molecule has 1 aromatic heterocycles. The van der Waals surface area contributed by atoms with Crippen molar-refractivity contribution >= 4 is 12.0 Å². The maximum absolute atomic E-state index is 7.52. The molecule has 0 amide bonds. The number of aromatic nitrogens is 2. The highest BCUT2D eigenvalue weighted by atomic mass is 16.5. The fourth-order valence-corrected chi connectivity index (χ4v) is 2.00. The standard InChI is InChI=1S/C18H18N4O/c1-13(17-18(20)22-10-9-21-17)11-15(12-19)4-3-14-5-7-16(23-2)8-6-14/h5-13,19H,1-2H3,(H2,20,22)/b15-11-,19-12?/t13-/m1/s1. The van der Waals surface area contributed by atoms with Crippen molar-refractivity contribution in [3.63, 3.8) is 0 Å². The highest BCUT2D eigenvalue weighted by Gasteiger charge is 2.09. The van der Waals surface area contributed by atoms with Crippen molar-refractivity contribution in [3.8, 4) is 17.6 Å². The SMILES string of the molecule is COc1ccc(C#C/C(C=N)=C/[C@@H](C)c2nccnc2N)cc1. The van der Waals surface area contributed by atoms with Gasteiger partial charge >= 0.3 is 0 Å². The number of anilines is 1. The molecule has 0 saturated carbocycles. The summed E-state index contributed by atoms with van der Waals surface area (Å²) >= 11 is 0. The van der Waals surface area contributed by atoms with E-state index in [2.05, 4.69) is 21.8 Å². The van der Waals surface area contributed by atoms with Crippen LogP contribution in [0.1, 0.15) is 24.1 Å².